The van der Waals surface area contributed by atoms with E-state index in [4.69, 9.17) is 11.6 Å². The van der Waals surface area contributed by atoms with Gasteiger partial charge in [-0.05, 0) is 25.2 Å². The lowest BCUT2D eigenvalue weighted by Crippen LogP contribution is -2.22. The highest BCUT2D eigenvalue weighted by atomic mass is 35.5. The highest BCUT2D eigenvalue weighted by Gasteiger charge is 2.29. The maximum atomic E-state index is 14.3. The fourth-order valence-electron chi connectivity index (χ4n) is 2.98. The SMILES string of the molecule is CNC(c1ccc(F)cc1F)c1c(-c2c(F)cccc2F)c(Cl)nn1C. The zero-order valence-electron chi connectivity index (χ0n) is 13.8. The first-order valence-corrected chi connectivity index (χ1v) is 8.02. The molecule has 3 nitrogen and oxygen atoms in total. The van der Waals surface area contributed by atoms with E-state index in [1.807, 2.05) is 0 Å². The van der Waals surface area contributed by atoms with Gasteiger partial charge in [-0.2, -0.15) is 5.10 Å². The third-order valence-corrected chi connectivity index (χ3v) is 4.36. The van der Waals surface area contributed by atoms with E-state index in [0.29, 0.717) is 0 Å². The summed E-state index contributed by atoms with van der Waals surface area (Å²) in [5.74, 6) is -3.18. The lowest BCUT2D eigenvalue weighted by Gasteiger charge is -2.20. The average Bonchev–Trinajstić information content (AvgIpc) is 2.85. The third kappa shape index (κ3) is 3.08. The Bertz CT molecular complexity index is 951. The van der Waals surface area contributed by atoms with E-state index in [0.717, 1.165) is 24.3 Å². The number of hydrogen-bond donors (Lipinski definition) is 1. The minimum absolute atomic E-state index is 0.00726. The summed E-state index contributed by atoms with van der Waals surface area (Å²) in [6.45, 7) is 0. The predicted molar refractivity (Wildman–Crippen MR) is 90.8 cm³/mol. The highest BCUT2D eigenvalue weighted by molar-refractivity contribution is 6.32. The highest BCUT2D eigenvalue weighted by Crippen LogP contribution is 2.39. The van der Waals surface area contributed by atoms with E-state index in [1.165, 1.54) is 30.9 Å². The first-order chi connectivity index (χ1) is 12.3. The molecule has 0 radical (unpaired) electrons. The van der Waals surface area contributed by atoms with Crippen LogP contribution in [-0.4, -0.2) is 16.8 Å². The van der Waals surface area contributed by atoms with Gasteiger partial charge in [0.2, 0.25) is 0 Å². The standard InChI is InChI=1S/C18H14ClF4N3/c1-24-16(10-7-6-9(20)8-13(10)23)17-15(18(19)25-26(17)2)14-11(21)4-3-5-12(14)22/h3-8,16,24H,1-2H3. The van der Waals surface area contributed by atoms with Crippen LogP contribution in [0.25, 0.3) is 11.1 Å². The molecule has 1 heterocycles. The molecule has 1 aromatic heterocycles. The van der Waals surface area contributed by atoms with Gasteiger partial charge in [0.05, 0.1) is 17.3 Å². The second-order valence-corrected chi connectivity index (χ2v) is 6.02. The lowest BCUT2D eigenvalue weighted by molar-refractivity contribution is 0.536. The molecule has 8 heteroatoms. The fourth-order valence-corrected chi connectivity index (χ4v) is 3.28. The minimum atomic E-state index is -0.866. The van der Waals surface area contributed by atoms with Crippen LogP contribution in [0.4, 0.5) is 17.6 Å². The number of aromatic nitrogens is 2. The molecule has 0 amide bonds. The van der Waals surface area contributed by atoms with Gasteiger partial charge in [-0.15, -0.1) is 0 Å². The van der Waals surface area contributed by atoms with Gasteiger partial charge >= 0.3 is 0 Å². The Morgan fingerprint density at radius 2 is 1.65 bits per heavy atom. The van der Waals surface area contributed by atoms with E-state index >= 15 is 0 Å². The van der Waals surface area contributed by atoms with Crippen LogP contribution in [0.15, 0.2) is 36.4 Å². The van der Waals surface area contributed by atoms with Crippen LogP contribution in [0.3, 0.4) is 0 Å². The number of nitrogens with zero attached hydrogens (tertiary/aromatic N) is 2. The predicted octanol–water partition coefficient (Wildman–Crippen LogP) is 4.61. The van der Waals surface area contributed by atoms with Gasteiger partial charge in [-0.25, -0.2) is 17.6 Å². The molecule has 2 aromatic carbocycles. The normalized spacial score (nSPS) is 12.4. The summed E-state index contributed by atoms with van der Waals surface area (Å²) in [7, 11) is 3.06. The molecular weight excluding hydrogens is 370 g/mol. The molecule has 3 rings (SSSR count). The Hall–Kier alpha value is -2.38. The fraction of sp³-hybridized carbons (Fsp3) is 0.167. The van der Waals surface area contributed by atoms with Crippen LogP contribution in [0.5, 0.6) is 0 Å². The monoisotopic (exact) mass is 383 g/mol. The number of hydrogen-bond acceptors (Lipinski definition) is 2. The maximum absolute atomic E-state index is 14.3. The van der Waals surface area contributed by atoms with Crippen LogP contribution in [0.2, 0.25) is 5.15 Å². The van der Waals surface area contributed by atoms with Crippen LogP contribution in [0.1, 0.15) is 17.3 Å². The summed E-state index contributed by atoms with van der Waals surface area (Å²) in [5.41, 5.74) is -0.0187. The van der Waals surface area contributed by atoms with Crippen molar-refractivity contribution in [2.75, 3.05) is 7.05 Å². The quantitative estimate of drug-likeness (QED) is 0.667. The van der Waals surface area contributed by atoms with Crippen molar-refractivity contribution in [2.45, 2.75) is 6.04 Å². The first kappa shape index (κ1) is 18.4. The second-order valence-electron chi connectivity index (χ2n) is 5.66. The molecule has 0 fully saturated rings. The Morgan fingerprint density at radius 3 is 2.23 bits per heavy atom. The molecule has 0 bridgehead atoms. The van der Waals surface area contributed by atoms with Crippen LogP contribution in [-0.2, 0) is 7.05 Å². The summed E-state index contributed by atoms with van der Waals surface area (Å²) >= 11 is 6.14. The number of halogens is 5. The van der Waals surface area contributed by atoms with Crippen LogP contribution >= 0.6 is 11.6 Å². The summed E-state index contributed by atoms with van der Waals surface area (Å²) < 4.78 is 57.5. The lowest BCUT2D eigenvalue weighted by atomic mass is 9.96. The van der Waals surface area contributed by atoms with E-state index < -0.39 is 29.3 Å². The van der Waals surface area contributed by atoms with E-state index in [-0.39, 0.29) is 27.5 Å². The van der Waals surface area contributed by atoms with E-state index in [1.54, 1.807) is 0 Å². The zero-order chi connectivity index (χ0) is 19.0. The van der Waals surface area contributed by atoms with Gasteiger partial charge in [-0.3, -0.25) is 4.68 Å². The van der Waals surface area contributed by atoms with Crippen molar-refractivity contribution in [3.8, 4) is 11.1 Å². The van der Waals surface area contributed by atoms with Crippen molar-refractivity contribution >= 4 is 11.6 Å². The van der Waals surface area contributed by atoms with E-state index in [9.17, 15) is 17.6 Å². The molecule has 0 spiro atoms. The molecule has 3 aromatic rings. The van der Waals surface area contributed by atoms with Gasteiger partial charge in [0.25, 0.3) is 0 Å². The van der Waals surface area contributed by atoms with Gasteiger partial charge in [0.15, 0.2) is 5.15 Å². The topological polar surface area (TPSA) is 29.9 Å². The molecule has 0 saturated heterocycles. The second kappa shape index (κ2) is 7.09. The van der Waals surface area contributed by atoms with Crippen LogP contribution < -0.4 is 5.32 Å². The molecule has 0 saturated carbocycles. The first-order valence-electron chi connectivity index (χ1n) is 7.64. The average molecular weight is 384 g/mol. The number of nitrogens with one attached hydrogen (secondary N) is 1. The Kier molecular flexibility index (Phi) is 5.02. The van der Waals surface area contributed by atoms with Crippen molar-refractivity contribution < 1.29 is 17.6 Å². The summed E-state index contributed by atoms with van der Waals surface area (Å²) in [6.07, 6.45) is 0. The molecule has 0 aliphatic rings. The Labute approximate surface area is 152 Å². The molecular formula is C18H14ClF4N3. The largest absolute Gasteiger partial charge is 0.308 e. The molecule has 136 valence electrons. The summed E-state index contributed by atoms with van der Waals surface area (Å²) in [6, 6.07) is 5.65. The van der Waals surface area contributed by atoms with Gasteiger partial charge in [0, 0.05) is 24.2 Å². The molecule has 1 atom stereocenters. The molecule has 0 aliphatic heterocycles. The molecule has 26 heavy (non-hydrogen) atoms. The minimum Gasteiger partial charge on any atom is -0.308 e. The summed E-state index contributed by atoms with van der Waals surface area (Å²) in [4.78, 5) is 0. The Balaban J connectivity index is 2.28. The number of benzene rings is 2. The van der Waals surface area contributed by atoms with Crippen molar-refractivity contribution in [2.24, 2.45) is 7.05 Å². The van der Waals surface area contributed by atoms with Crippen molar-refractivity contribution in [3.05, 3.63) is 76.1 Å². The van der Waals surface area contributed by atoms with Crippen molar-refractivity contribution in [1.82, 2.24) is 15.1 Å². The van der Waals surface area contributed by atoms with Crippen LogP contribution in [0, 0.1) is 23.3 Å². The van der Waals surface area contributed by atoms with Crippen molar-refractivity contribution in [3.63, 3.8) is 0 Å². The van der Waals surface area contributed by atoms with Gasteiger partial charge in [-0.1, -0.05) is 23.7 Å². The zero-order valence-corrected chi connectivity index (χ0v) is 14.6. The van der Waals surface area contributed by atoms with Gasteiger partial charge < -0.3 is 5.32 Å². The van der Waals surface area contributed by atoms with Crippen molar-refractivity contribution in [1.29, 1.82) is 0 Å². The molecule has 1 unspecified atom stereocenters. The Morgan fingerprint density at radius 1 is 1.00 bits per heavy atom. The molecule has 1 N–H and O–H groups in total. The molecule has 0 aliphatic carbocycles. The van der Waals surface area contributed by atoms with E-state index in [2.05, 4.69) is 10.4 Å². The smallest absolute Gasteiger partial charge is 0.159 e. The number of aryl methyl sites for hydroxylation is 1. The summed E-state index contributed by atoms with van der Waals surface area (Å²) in [5, 5.41) is 6.76. The maximum Gasteiger partial charge on any atom is 0.159 e. The van der Waals surface area contributed by atoms with Gasteiger partial charge in [0.1, 0.15) is 23.3 Å². The third-order valence-electron chi connectivity index (χ3n) is 4.10. The number of rotatable bonds is 4.